The first-order chi connectivity index (χ1) is 19.6. The summed E-state index contributed by atoms with van der Waals surface area (Å²) < 4.78 is 23.7. The van der Waals surface area contributed by atoms with Gasteiger partial charge in [0, 0.05) is 26.5 Å². The van der Waals surface area contributed by atoms with E-state index in [-0.39, 0.29) is 36.9 Å². The van der Waals surface area contributed by atoms with E-state index in [9.17, 15) is 19.5 Å². The maximum absolute atomic E-state index is 13.0. The van der Waals surface area contributed by atoms with Crippen molar-refractivity contribution in [3.8, 4) is 11.5 Å². The van der Waals surface area contributed by atoms with Gasteiger partial charge in [0.05, 0.1) is 11.0 Å². The smallest absolute Gasteiger partial charge is 0.351 e. The van der Waals surface area contributed by atoms with Gasteiger partial charge in [-0.05, 0) is 40.2 Å². The van der Waals surface area contributed by atoms with Crippen molar-refractivity contribution >= 4 is 51.0 Å². The van der Waals surface area contributed by atoms with E-state index in [1.54, 1.807) is 30.3 Å². The minimum Gasteiger partial charge on any atom is -0.506 e. The lowest BCUT2D eigenvalue weighted by atomic mass is 10.2. The Morgan fingerprint density at radius 3 is 2.71 bits per heavy atom. The van der Waals surface area contributed by atoms with Gasteiger partial charge in [0.25, 0.3) is 0 Å². The third kappa shape index (κ3) is 7.85. The Hall–Kier alpha value is -4.37. The molecule has 41 heavy (non-hydrogen) atoms. The monoisotopic (exact) mass is 632 g/mol. The first kappa shape index (κ1) is 29.6. The van der Waals surface area contributed by atoms with Gasteiger partial charge in [-0.25, -0.2) is 9.78 Å². The number of benzene rings is 1. The third-order valence-corrected chi connectivity index (χ3v) is 6.43. The number of nitrogens with one attached hydrogen (secondary N) is 2. The molecular formula is C26H29BrN6O8. The molecular weight excluding hydrogens is 604 g/mol. The van der Waals surface area contributed by atoms with Crippen LogP contribution in [-0.2, 0) is 23.8 Å². The van der Waals surface area contributed by atoms with Gasteiger partial charge in [0.1, 0.15) is 60.5 Å². The minimum atomic E-state index is -0.837. The molecule has 4 rings (SSSR count). The topological polar surface area (TPSA) is 189 Å². The third-order valence-electron chi connectivity index (χ3n) is 5.85. The Balaban J connectivity index is 1.46. The number of pyridine rings is 1. The molecule has 14 nitrogen and oxygen atoms in total. The summed E-state index contributed by atoms with van der Waals surface area (Å²) in [5.74, 6) is 0.254. The van der Waals surface area contributed by atoms with Crippen LogP contribution in [0.4, 0.5) is 23.1 Å². The second kappa shape index (κ2) is 13.3. The number of para-hydroxylation sites is 1. The van der Waals surface area contributed by atoms with E-state index in [0.29, 0.717) is 28.4 Å². The van der Waals surface area contributed by atoms with Crippen LogP contribution in [0, 0.1) is 0 Å². The maximum atomic E-state index is 13.0. The summed E-state index contributed by atoms with van der Waals surface area (Å²) in [5.41, 5.74) is 5.22. The number of nitrogens with zero attached hydrogens (tertiary/aromatic N) is 3. The summed E-state index contributed by atoms with van der Waals surface area (Å²) in [5, 5.41) is 16.6. The van der Waals surface area contributed by atoms with Gasteiger partial charge in [-0.1, -0.05) is 12.1 Å². The number of hydrogen-bond acceptors (Lipinski definition) is 13. The second-order valence-electron chi connectivity index (χ2n) is 8.94. The number of ether oxygens (including phenoxy) is 4. The number of nitrogens with two attached hydrogens (primary N) is 1. The van der Waals surface area contributed by atoms with Crippen LogP contribution in [0.1, 0.15) is 26.5 Å². The van der Waals surface area contributed by atoms with E-state index >= 15 is 0 Å². The predicted octanol–water partition coefficient (Wildman–Crippen LogP) is 2.71. The molecule has 0 aliphatic carbocycles. The molecule has 3 atom stereocenters. The maximum Gasteiger partial charge on any atom is 0.351 e. The van der Waals surface area contributed by atoms with Crippen molar-refractivity contribution in [3.63, 3.8) is 0 Å². The van der Waals surface area contributed by atoms with Gasteiger partial charge in [0.2, 0.25) is 0 Å². The molecule has 3 heterocycles. The number of halogens is 1. The van der Waals surface area contributed by atoms with Crippen LogP contribution in [0.5, 0.6) is 11.5 Å². The number of carbonyl (C=O) groups is 2. The van der Waals surface area contributed by atoms with Gasteiger partial charge in [-0.3, -0.25) is 14.2 Å². The fourth-order valence-corrected chi connectivity index (χ4v) is 4.48. The van der Waals surface area contributed by atoms with E-state index in [4.69, 9.17) is 24.7 Å². The average molecular weight is 633 g/mol. The second-order valence-corrected chi connectivity index (χ2v) is 9.80. The van der Waals surface area contributed by atoms with Crippen LogP contribution in [-0.4, -0.2) is 63.5 Å². The van der Waals surface area contributed by atoms with Gasteiger partial charge >= 0.3 is 17.6 Å². The van der Waals surface area contributed by atoms with Crippen LogP contribution in [0.15, 0.2) is 51.9 Å². The predicted molar refractivity (Wildman–Crippen MR) is 151 cm³/mol. The Kier molecular flexibility index (Phi) is 9.62. The molecule has 1 unspecified atom stereocenters. The number of nitrogen functional groups attached to an aromatic ring is 1. The highest BCUT2D eigenvalue weighted by molar-refractivity contribution is 9.10. The molecule has 0 radical (unpaired) electrons. The normalized spacial score (nSPS) is 18.0. The molecule has 0 amide bonds. The number of phenolic OH excluding ortho intramolecular Hbond substituents is 1. The molecule has 1 saturated heterocycles. The first-order valence-corrected chi connectivity index (χ1v) is 13.3. The minimum absolute atomic E-state index is 0.116. The van der Waals surface area contributed by atoms with Gasteiger partial charge in [0.15, 0.2) is 5.82 Å². The van der Waals surface area contributed by atoms with E-state index in [2.05, 4.69) is 36.5 Å². The SMILES string of the molecule is CC(=O)OC[C@H]1OC(n2cc(Br)c(Nc3c(O)cccc3OCCNc3cccc(N)n3)nc2=O)C[C@H]1OC(C)=O. The van der Waals surface area contributed by atoms with Crippen molar-refractivity contribution in [2.75, 3.05) is 36.1 Å². The number of carbonyl (C=O) groups excluding carboxylic acids is 2. The first-order valence-electron chi connectivity index (χ1n) is 12.5. The highest BCUT2D eigenvalue weighted by atomic mass is 79.9. The Bertz CT molecular complexity index is 1470. The van der Waals surface area contributed by atoms with Gasteiger partial charge < -0.3 is 40.4 Å². The summed E-state index contributed by atoms with van der Waals surface area (Å²) in [6.45, 7) is 2.99. The molecule has 1 aliphatic heterocycles. The zero-order chi connectivity index (χ0) is 29.5. The van der Waals surface area contributed by atoms with Gasteiger partial charge in [-0.2, -0.15) is 4.98 Å². The fraction of sp³-hybridized carbons (Fsp3) is 0.346. The summed E-state index contributed by atoms with van der Waals surface area (Å²) in [6.07, 6.45) is -0.725. The molecule has 1 aromatic carbocycles. The lowest BCUT2D eigenvalue weighted by Crippen LogP contribution is -2.31. The lowest BCUT2D eigenvalue weighted by molar-refractivity contribution is -0.155. The van der Waals surface area contributed by atoms with Crippen molar-refractivity contribution in [1.29, 1.82) is 0 Å². The Morgan fingerprint density at radius 1 is 1.20 bits per heavy atom. The number of aromatic hydroxyl groups is 1. The summed E-state index contributed by atoms with van der Waals surface area (Å²) in [7, 11) is 0. The molecule has 3 aromatic rings. The highest BCUT2D eigenvalue weighted by Crippen LogP contribution is 2.37. The van der Waals surface area contributed by atoms with Crippen molar-refractivity contribution in [2.45, 2.75) is 38.7 Å². The van der Waals surface area contributed by atoms with Crippen molar-refractivity contribution < 1.29 is 33.6 Å². The zero-order valence-corrected chi connectivity index (χ0v) is 23.8. The summed E-state index contributed by atoms with van der Waals surface area (Å²) in [4.78, 5) is 44.1. The number of anilines is 4. The Morgan fingerprint density at radius 2 is 1.98 bits per heavy atom. The molecule has 5 N–H and O–H groups in total. The molecule has 218 valence electrons. The highest BCUT2D eigenvalue weighted by Gasteiger charge is 2.40. The number of phenols is 1. The standard InChI is InChI=1S/C26H29BrN6O8/c1-14(34)39-13-20-19(40-15(2)35)11-23(41-20)33-12-16(27)25(32-26(33)37)31-24-17(36)5-3-6-18(24)38-10-9-29-22-8-4-7-21(28)30-22/h3-8,12,19-20,23,36H,9-11,13H2,1-2H3,(H3,28,29,30)(H,31,32,37)/t19-,20-,23?/m1/s1. The molecule has 2 aromatic heterocycles. The summed E-state index contributed by atoms with van der Waals surface area (Å²) in [6, 6.07) is 9.97. The van der Waals surface area contributed by atoms with E-state index < -0.39 is 36.1 Å². The number of hydrogen-bond donors (Lipinski definition) is 4. The van der Waals surface area contributed by atoms with Crippen LogP contribution >= 0.6 is 15.9 Å². The Labute approximate surface area is 242 Å². The van der Waals surface area contributed by atoms with E-state index in [0.717, 1.165) is 0 Å². The molecule has 1 aliphatic rings. The molecule has 1 fully saturated rings. The van der Waals surface area contributed by atoms with Crippen molar-refractivity contribution in [2.24, 2.45) is 0 Å². The van der Waals surface area contributed by atoms with Crippen LogP contribution in [0.25, 0.3) is 0 Å². The molecule has 0 spiro atoms. The number of rotatable bonds is 11. The largest absolute Gasteiger partial charge is 0.506 e. The molecule has 0 bridgehead atoms. The van der Waals surface area contributed by atoms with Crippen molar-refractivity contribution in [3.05, 3.63) is 57.6 Å². The summed E-state index contributed by atoms with van der Waals surface area (Å²) >= 11 is 3.41. The van der Waals surface area contributed by atoms with Crippen LogP contribution in [0.3, 0.4) is 0 Å². The fourth-order valence-electron chi connectivity index (χ4n) is 4.07. The molecule has 0 saturated carbocycles. The number of aromatic nitrogens is 3. The van der Waals surface area contributed by atoms with E-state index in [1.807, 2.05) is 0 Å². The van der Waals surface area contributed by atoms with Crippen molar-refractivity contribution in [1.82, 2.24) is 14.5 Å². The lowest BCUT2D eigenvalue weighted by Gasteiger charge is -2.18. The quantitative estimate of drug-likeness (QED) is 0.137. The van der Waals surface area contributed by atoms with Crippen LogP contribution in [0.2, 0.25) is 0 Å². The molecule has 15 heteroatoms. The zero-order valence-electron chi connectivity index (χ0n) is 22.2. The van der Waals surface area contributed by atoms with Crippen LogP contribution < -0.4 is 26.8 Å². The number of esters is 2. The average Bonchev–Trinajstić information content (AvgIpc) is 3.30. The van der Waals surface area contributed by atoms with Gasteiger partial charge in [-0.15, -0.1) is 0 Å². The van der Waals surface area contributed by atoms with E-state index in [1.165, 1.54) is 30.7 Å².